The van der Waals surface area contributed by atoms with Gasteiger partial charge in [-0.1, -0.05) is 19.8 Å². The summed E-state index contributed by atoms with van der Waals surface area (Å²) in [5.41, 5.74) is 0.770. The lowest BCUT2D eigenvalue weighted by Crippen LogP contribution is -2.55. The third kappa shape index (κ3) is 1.31. The van der Waals surface area contributed by atoms with E-state index in [0.717, 1.165) is 11.3 Å². The quantitative estimate of drug-likeness (QED) is 0.515. The Balaban J connectivity index is 1.93. The molecule has 2 aliphatic rings. The zero-order chi connectivity index (χ0) is 7.90. The summed E-state index contributed by atoms with van der Waals surface area (Å²) < 4.78 is 0. The minimum Gasteiger partial charge on any atom is -0.305 e. The molecule has 11 heavy (non-hydrogen) atoms. The van der Waals surface area contributed by atoms with Crippen LogP contribution in [0.25, 0.3) is 0 Å². The highest BCUT2D eigenvalue weighted by Gasteiger charge is 2.43. The molecule has 0 aromatic rings. The Kier molecular flexibility index (Phi) is 1.71. The Labute approximate surface area is 69.8 Å². The topological polar surface area (TPSA) is 3.24 Å². The van der Waals surface area contributed by atoms with E-state index in [1.54, 1.807) is 0 Å². The predicted molar refractivity (Wildman–Crippen MR) is 47.6 cm³/mol. The number of hydrogen-bond acceptors (Lipinski definition) is 1. The van der Waals surface area contributed by atoms with Gasteiger partial charge >= 0.3 is 0 Å². The van der Waals surface area contributed by atoms with Gasteiger partial charge in [0.15, 0.2) is 0 Å². The van der Waals surface area contributed by atoms with E-state index in [1.807, 2.05) is 0 Å². The first-order chi connectivity index (χ1) is 5.20. The van der Waals surface area contributed by atoms with Crippen molar-refractivity contribution in [1.29, 1.82) is 0 Å². The average Bonchev–Trinajstić information content (AvgIpc) is 1.84. The van der Waals surface area contributed by atoms with Gasteiger partial charge in [-0.2, -0.15) is 0 Å². The van der Waals surface area contributed by atoms with Crippen LogP contribution in [0.5, 0.6) is 0 Å². The summed E-state index contributed by atoms with van der Waals surface area (Å²) in [6, 6.07) is 0. The van der Waals surface area contributed by atoms with Gasteiger partial charge in [-0.3, -0.25) is 0 Å². The fourth-order valence-electron chi connectivity index (χ4n) is 3.15. The summed E-state index contributed by atoms with van der Waals surface area (Å²) in [4.78, 5) is 2.46. The molecule has 1 nitrogen and oxygen atoms in total. The highest BCUT2D eigenvalue weighted by Crippen LogP contribution is 2.45. The van der Waals surface area contributed by atoms with E-state index < -0.39 is 0 Å². The van der Waals surface area contributed by atoms with Crippen LogP contribution < -0.4 is 0 Å². The summed E-state index contributed by atoms with van der Waals surface area (Å²) >= 11 is 0. The fraction of sp³-hybridized carbons (Fsp3) is 1.00. The van der Waals surface area contributed by atoms with E-state index in [2.05, 4.69) is 18.9 Å². The summed E-state index contributed by atoms with van der Waals surface area (Å²) in [5, 5.41) is 0. The maximum atomic E-state index is 2.46. The van der Waals surface area contributed by atoms with E-state index in [1.165, 1.54) is 38.8 Å². The van der Waals surface area contributed by atoms with Crippen molar-refractivity contribution in [3.05, 3.63) is 0 Å². The molecule has 1 heterocycles. The molecule has 0 bridgehead atoms. The molecule has 0 amide bonds. The lowest BCUT2D eigenvalue weighted by Gasteiger charge is -2.52. The fourth-order valence-corrected chi connectivity index (χ4v) is 3.15. The van der Waals surface area contributed by atoms with Crippen molar-refractivity contribution < 1.29 is 0 Å². The minimum absolute atomic E-state index is 0.770. The third-order valence-electron chi connectivity index (χ3n) is 3.40. The van der Waals surface area contributed by atoms with Crippen molar-refractivity contribution in [1.82, 2.24) is 4.90 Å². The lowest BCUT2D eigenvalue weighted by atomic mass is 9.66. The maximum Gasteiger partial charge on any atom is 0.00475 e. The zero-order valence-corrected chi connectivity index (χ0v) is 7.77. The van der Waals surface area contributed by atoms with Gasteiger partial charge in [-0.05, 0) is 31.2 Å². The van der Waals surface area contributed by atoms with Gasteiger partial charge in [0.2, 0.25) is 0 Å². The summed E-state index contributed by atoms with van der Waals surface area (Å²) in [5.74, 6) is 0.998. The molecule has 0 N–H and O–H groups in total. The molecule has 1 spiro atoms. The van der Waals surface area contributed by atoms with Crippen LogP contribution >= 0.6 is 0 Å². The summed E-state index contributed by atoms with van der Waals surface area (Å²) in [6.07, 6.45) is 5.96. The largest absolute Gasteiger partial charge is 0.305 e. The van der Waals surface area contributed by atoms with Crippen molar-refractivity contribution in [3.8, 4) is 0 Å². The van der Waals surface area contributed by atoms with Gasteiger partial charge in [-0.15, -0.1) is 0 Å². The van der Waals surface area contributed by atoms with Crippen LogP contribution in [0.3, 0.4) is 0 Å². The van der Waals surface area contributed by atoms with E-state index in [9.17, 15) is 0 Å². The Morgan fingerprint density at radius 2 is 2.09 bits per heavy atom. The van der Waals surface area contributed by atoms with Gasteiger partial charge in [-0.25, -0.2) is 0 Å². The molecule has 1 saturated heterocycles. The second-order valence-electron chi connectivity index (χ2n) is 4.87. The normalized spacial score (nSPS) is 37.1. The van der Waals surface area contributed by atoms with Crippen molar-refractivity contribution in [2.75, 3.05) is 20.1 Å². The second kappa shape index (κ2) is 2.48. The van der Waals surface area contributed by atoms with Crippen molar-refractivity contribution in [3.63, 3.8) is 0 Å². The Morgan fingerprint density at radius 1 is 1.36 bits per heavy atom. The first-order valence-corrected chi connectivity index (χ1v) is 4.89. The van der Waals surface area contributed by atoms with Crippen LogP contribution in [0.4, 0.5) is 0 Å². The summed E-state index contributed by atoms with van der Waals surface area (Å²) in [7, 11) is 2.24. The Hall–Kier alpha value is -0.0400. The molecule has 1 aliphatic carbocycles. The molecule has 1 atom stereocenters. The SMILES string of the molecule is CC1CCCC2(C1)CN(C)C2. The lowest BCUT2D eigenvalue weighted by molar-refractivity contribution is -0.0245. The zero-order valence-electron chi connectivity index (χ0n) is 7.77. The highest BCUT2D eigenvalue weighted by molar-refractivity contribution is 4.96. The average molecular weight is 153 g/mol. The Morgan fingerprint density at radius 3 is 2.64 bits per heavy atom. The van der Waals surface area contributed by atoms with Crippen LogP contribution in [0.1, 0.15) is 32.6 Å². The van der Waals surface area contributed by atoms with E-state index in [0.29, 0.717) is 0 Å². The molecule has 64 valence electrons. The van der Waals surface area contributed by atoms with Crippen LogP contribution in [-0.4, -0.2) is 25.0 Å². The van der Waals surface area contributed by atoms with Crippen LogP contribution in [0.15, 0.2) is 0 Å². The van der Waals surface area contributed by atoms with Crippen LogP contribution in [-0.2, 0) is 0 Å². The summed E-state index contributed by atoms with van der Waals surface area (Å²) in [6.45, 7) is 5.16. The molecular formula is C10H19N. The molecule has 2 rings (SSSR count). The molecule has 1 heteroatoms. The van der Waals surface area contributed by atoms with Crippen molar-refractivity contribution in [2.24, 2.45) is 11.3 Å². The van der Waals surface area contributed by atoms with Gasteiger partial charge in [0.05, 0.1) is 0 Å². The van der Waals surface area contributed by atoms with Crippen LogP contribution in [0, 0.1) is 11.3 Å². The van der Waals surface area contributed by atoms with Crippen molar-refractivity contribution >= 4 is 0 Å². The van der Waals surface area contributed by atoms with E-state index in [4.69, 9.17) is 0 Å². The molecule has 1 unspecified atom stereocenters. The minimum atomic E-state index is 0.770. The maximum absolute atomic E-state index is 2.46. The molecule has 1 saturated carbocycles. The molecule has 2 fully saturated rings. The van der Waals surface area contributed by atoms with Gasteiger partial charge in [0.25, 0.3) is 0 Å². The van der Waals surface area contributed by atoms with Gasteiger partial charge in [0.1, 0.15) is 0 Å². The van der Waals surface area contributed by atoms with Gasteiger partial charge < -0.3 is 4.90 Å². The number of hydrogen-bond donors (Lipinski definition) is 0. The number of rotatable bonds is 0. The first-order valence-electron chi connectivity index (χ1n) is 4.89. The third-order valence-corrected chi connectivity index (χ3v) is 3.40. The molecule has 0 aromatic carbocycles. The van der Waals surface area contributed by atoms with Crippen molar-refractivity contribution in [2.45, 2.75) is 32.6 Å². The van der Waals surface area contributed by atoms with E-state index in [-0.39, 0.29) is 0 Å². The van der Waals surface area contributed by atoms with E-state index >= 15 is 0 Å². The molecule has 0 aromatic heterocycles. The molecule has 0 radical (unpaired) electrons. The molecule has 1 aliphatic heterocycles. The monoisotopic (exact) mass is 153 g/mol. The predicted octanol–water partition coefficient (Wildman–Crippen LogP) is 2.13. The Bertz CT molecular complexity index is 141. The van der Waals surface area contributed by atoms with Gasteiger partial charge in [0, 0.05) is 13.1 Å². The number of nitrogens with zero attached hydrogens (tertiary/aromatic N) is 1. The standard InChI is InChI=1S/C10H19N/c1-9-4-3-5-10(6-9)7-11(2)8-10/h9H,3-8H2,1-2H3. The highest BCUT2D eigenvalue weighted by atomic mass is 15.2. The smallest absolute Gasteiger partial charge is 0.00475 e. The first kappa shape index (κ1) is 7.60. The number of likely N-dealkylation sites (tertiary alicyclic amines) is 1. The van der Waals surface area contributed by atoms with Crippen LogP contribution in [0.2, 0.25) is 0 Å². The molecular weight excluding hydrogens is 134 g/mol. The second-order valence-corrected chi connectivity index (χ2v) is 4.87.